The van der Waals surface area contributed by atoms with Crippen molar-refractivity contribution in [3.8, 4) is 11.5 Å². The van der Waals surface area contributed by atoms with Gasteiger partial charge in [-0.2, -0.15) is 0 Å². The molecule has 0 radical (unpaired) electrons. The van der Waals surface area contributed by atoms with Crippen LogP contribution in [0.2, 0.25) is 0 Å². The molecule has 2 heteroatoms. The summed E-state index contributed by atoms with van der Waals surface area (Å²) in [5.41, 5.74) is 0. The lowest BCUT2D eigenvalue weighted by molar-refractivity contribution is 0.308. The largest absolute Gasteiger partial charge is 0.507 e. The normalized spacial score (nSPS) is 10.7. The first-order valence-corrected chi connectivity index (χ1v) is 6.66. The van der Waals surface area contributed by atoms with Gasteiger partial charge < -0.3 is 9.84 Å². The third kappa shape index (κ3) is 2.95. The Morgan fingerprint density at radius 2 is 1.72 bits per heavy atom. The Morgan fingerprint density at radius 1 is 0.944 bits per heavy atom. The molecule has 0 saturated heterocycles. The van der Waals surface area contributed by atoms with E-state index in [1.807, 2.05) is 30.3 Å². The molecule has 0 heterocycles. The molecule has 0 atom stereocenters. The monoisotopic (exact) mass is 244 g/mol. The van der Waals surface area contributed by atoms with E-state index in [1.165, 1.54) is 19.3 Å². The van der Waals surface area contributed by atoms with E-state index < -0.39 is 0 Å². The summed E-state index contributed by atoms with van der Waals surface area (Å²) in [6.07, 6.45) is 4.80. The molecule has 2 nitrogen and oxygen atoms in total. The van der Waals surface area contributed by atoms with Crippen molar-refractivity contribution in [2.24, 2.45) is 0 Å². The van der Waals surface area contributed by atoms with Crippen LogP contribution in [-0.2, 0) is 0 Å². The predicted molar refractivity (Wildman–Crippen MR) is 75.2 cm³/mol. The van der Waals surface area contributed by atoms with Crippen molar-refractivity contribution in [1.29, 1.82) is 0 Å². The minimum atomic E-state index is 0.309. The fourth-order valence-electron chi connectivity index (χ4n) is 2.09. The van der Waals surface area contributed by atoms with Gasteiger partial charge in [-0.15, -0.1) is 0 Å². The molecular weight excluding hydrogens is 224 g/mol. The van der Waals surface area contributed by atoms with Crippen LogP contribution in [0.1, 0.15) is 32.6 Å². The van der Waals surface area contributed by atoms with E-state index in [0.29, 0.717) is 5.75 Å². The first-order chi connectivity index (χ1) is 8.83. The third-order valence-corrected chi connectivity index (χ3v) is 3.12. The summed E-state index contributed by atoms with van der Waals surface area (Å²) in [5.74, 6) is 1.17. The molecule has 1 N–H and O–H groups in total. The first kappa shape index (κ1) is 12.7. The van der Waals surface area contributed by atoms with Crippen molar-refractivity contribution in [3.63, 3.8) is 0 Å². The molecule has 0 aliphatic rings. The van der Waals surface area contributed by atoms with Crippen LogP contribution in [0.15, 0.2) is 36.4 Å². The minimum absolute atomic E-state index is 0.309. The Kier molecular flexibility index (Phi) is 4.46. The molecule has 0 fully saturated rings. The Bertz CT molecular complexity index is 505. The number of hydrogen-bond acceptors (Lipinski definition) is 2. The molecule has 0 aliphatic carbocycles. The molecular formula is C16H20O2. The average molecular weight is 244 g/mol. The number of phenolic OH excluding ortho intramolecular Hbond substituents is 1. The highest BCUT2D eigenvalue weighted by Gasteiger charge is 2.05. The Hall–Kier alpha value is -1.70. The number of unbranched alkanes of at least 4 members (excludes halogenated alkanes) is 3. The lowest BCUT2D eigenvalue weighted by Gasteiger charge is -2.10. The molecule has 0 spiro atoms. The molecule has 0 unspecified atom stereocenters. The number of aromatic hydroxyl groups is 1. The van der Waals surface area contributed by atoms with E-state index >= 15 is 0 Å². The number of hydrogen-bond donors (Lipinski definition) is 1. The zero-order valence-electron chi connectivity index (χ0n) is 10.9. The molecule has 2 aromatic carbocycles. The van der Waals surface area contributed by atoms with Crippen molar-refractivity contribution in [3.05, 3.63) is 36.4 Å². The Balaban J connectivity index is 2.07. The highest BCUT2D eigenvalue weighted by Crippen LogP contribution is 2.32. The van der Waals surface area contributed by atoms with E-state index in [2.05, 4.69) is 6.92 Å². The maximum Gasteiger partial charge on any atom is 0.127 e. The second kappa shape index (κ2) is 6.29. The van der Waals surface area contributed by atoms with Crippen LogP contribution >= 0.6 is 0 Å². The number of ether oxygens (including phenoxy) is 1. The van der Waals surface area contributed by atoms with Gasteiger partial charge in [-0.3, -0.25) is 0 Å². The van der Waals surface area contributed by atoms with E-state index in [4.69, 9.17) is 4.74 Å². The van der Waals surface area contributed by atoms with Crippen LogP contribution in [0.25, 0.3) is 10.8 Å². The third-order valence-electron chi connectivity index (χ3n) is 3.12. The predicted octanol–water partition coefficient (Wildman–Crippen LogP) is 4.50. The first-order valence-electron chi connectivity index (χ1n) is 6.66. The van der Waals surface area contributed by atoms with Gasteiger partial charge in [0.15, 0.2) is 0 Å². The van der Waals surface area contributed by atoms with Gasteiger partial charge >= 0.3 is 0 Å². The smallest absolute Gasteiger partial charge is 0.127 e. The summed E-state index contributed by atoms with van der Waals surface area (Å²) in [7, 11) is 0. The number of fused-ring (bicyclic) bond motifs is 1. The van der Waals surface area contributed by atoms with E-state index in [-0.39, 0.29) is 0 Å². The van der Waals surface area contributed by atoms with Gasteiger partial charge in [-0.1, -0.05) is 50.5 Å². The Morgan fingerprint density at radius 3 is 2.50 bits per heavy atom. The topological polar surface area (TPSA) is 29.5 Å². The second-order valence-corrected chi connectivity index (χ2v) is 4.54. The summed E-state index contributed by atoms with van der Waals surface area (Å²) in [6.45, 7) is 2.95. The number of phenols is 1. The average Bonchev–Trinajstić information content (AvgIpc) is 2.41. The van der Waals surface area contributed by atoms with Crippen molar-refractivity contribution in [1.82, 2.24) is 0 Å². The summed E-state index contributed by atoms with van der Waals surface area (Å²) < 4.78 is 5.81. The van der Waals surface area contributed by atoms with Crippen LogP contribution in [0.4, 0.5) is 0 Å². The quantitative estimate of drug-likeness (QED) is 0.758. The van der Waals surface area contributed by atoms with Gasteiger partial charge in [0, 0.05) is 10.8 Å². The molecule has 0 aliphatic heterocycles. The molecule has 0 saturated carbocycles. The highest BCUT2D eigenvalue weighted by atomic mass is 16.5. The van der Waals surface area contributed by atoms with Crippen molar-refractivity contribution >= 4 is 10.8 Å². The fourth-order valence-corrected chi connectivity index (χ4v) is 2.09. The van der Waals surface area contributed by atoms with Crippen molar-refractivity contribution < 1.29 is 9.84 Å². The maximum absolute atomic E-state index is 9.78. The summed E-state index contributed by atoms with van der Waals surface area (Å²) in [6, 6.07) is 11.3. The lowest BCUT2D eigenvalue weighted by atomic mass is 10.1. The Labute approximate surface area is 108 Å². The van der Waals surface area contributed by atoms with Gasteiger partial charge in [-0.05, 0) is 18.6 Å². The van der Waals surface area contributed by atoms with Crippen LogP contribution in [0.5, 0.6) is 11.5 Å². The van der Waals surface area contributed by atoms with Crippen molar-refractivity contribution in [2.75, 3.05) is 6.61 Å². The SMILES string of the molecule is CCCCCCOc1ccc(O)c2ccccc12. The standard InChI is InChI=1S/C16H20O2/c1-2-3-4-7-12-18-16-11-10-15(17)13-8-5-6-9-14(13)16/h5-6,8-11,17H,2-4,7,12H2,1H3. The molecule has 2 aromatic rings. The highest BCUT2D eigenvalue weighted by molar-refractivity contribution is 5.92. The fraction of sp³-hybridized carbons (Fsp3) is 0.375. The number of benzene rings is 2. The molecule has 18 heavy (non-hydrogen) atoms. The molecule has 0 bridgehead atoms. The van der Waals surface area contributed by atoms with Crippen molar-refractivity contribution in [2.45, 2.75) is 32.6 Å². The van der Waals surface area contributed by atoms with Crippen LogP contribution < -0.4 is 4.74 Å². The zero-order chi connectivity index (χ0) is 12.8. The summed E-state index contributed by atoms with van der Waals surface area (Å²) in [5, 5.41) is 11.6. The molecule has 96 valence electrons. The lowest BCUT2D eigenvalue weighted by Crippen LogP contribution is -1.97. The minimum Gasteiger partial charge on any atom is -0.507 e. The summed E-state index contributed by atoms with van der Waals surface area (Å²) >= 11 is 0. The van der Waals surface area contributed by atoms with Crippen LogP contribution in [0, 0.1) is 0 Å². The second-order valence-electron chi connectivity index (χ2n) is 4.54. The van der Waals surface area contributed by atoms with E-state index in [9.17, 15) is 5.11 Å². The van der Waals surface area contributed by atoms with Gasteiger partial charge in [0.1, 0.15) is 11.5 Å². The molecule has 2 rings (SSSR count). The summed E-state index contributed by atoms with van der Waals surface area (Å²) in [4.78, 5) is 0. The van der Waals surface area contributed by atoms with E-state index in [0.717, 1.165) is 29.5 Å². The molecule has 0 aromatic heterocycles. The van der Waals surface area contributed by atoms with Crippen LogP contribution in [-0.4, -0.2) is 11.7 Å². The van der Waals surface area contributed by atoms with Gasteiger partial charge in [0.05, 0.1) is 6.61 Å². The van der Waals surface area contributed by atoms with Gasteiger partial charge in [-0.25, -0.2) is 0 Å². The maximum atomic E-state index is 9.78. The molecule has 0 amide bonds. The van der Waals surface area contributed by atoms with E-state index in [1.54, 1.807) is 6.07 Å². The number of rotatable bonds is 6. The zero-order valence-corrected chi connectivity index (χ0v) is 10.9. The van der Waals surface area contributed by atoms with Crippen LogP contribution in [0.3, 0.4) is 0 Å². The van der Waals surface area contributed by atoms with Gasteiger partial charge in [0.25, 0.3) is 0 Å². The van der Waals surface area contributed by atoms with Gasteiger partial charge in [0.2, 0.25) is 0 Å².